The first-order valence-corrected chi connectivity index (χ1v) is 6.22. The molecule has 1 unspecified atom stereocenters. The van der Waals surface area contributed by atoms with Gasteiger partial charge in [-0.1, -0.05) is 6.92 Å². The third kappa shape index (κ3) is 2.99. The summed E-state index contributed by atoms with van der Waals surface area (Å²) < 4.78 is 14.4. The number of carbonyl (C=O) groups excluding carboxylic acids is 1. The first-order chi connectivity index (χ1) is 6.95. The fourth-order valence-electron chi connectivity index (χ4n) is 1.00. The quantitative estimate of drug-likeness (QED) is 0.591. The van der Waals surface area contributed by atoms with Gasteiger partial charge in [-0.25, -0.2) is 4.21 Å². The van der Waals surface area contributed by atoms with E-state index in [4.69, 9.17) is 5.73 Å². The molecule has 1 rings (SSSR count). The summed E-state index contributed by atoms with van der Waals surface area (Å²) in [5, 5.41) is 0. The molecule has 0 radical (unpaired) electrons. The number of nitrogens with one attached hydrogen (secondary N) is 1. The van der Waals surface area contributed by atoms with Crippen LogP contribution in [0.15, 0.2) is 29.2 Å². The Kier molecular flexibility index (Phi) is 3.36. The maximum Gasteiger partial charge on any atom is 0.231 e. The van der Waals surface area contributed by atoms with Crippen molar-refractivity contribution < 1.29 is 9.00 Å². The molecule has 5 heteroatoms. The van der Waals surface area contributed by atoms with Gasteiger partial charge in [0.15, 0.2) is 0 Å². The second kappa shape index (κ2) is 4.35. The van der Waals surface area contributed by atoms with Crippen molar-refractivity contribution in [2.45, 2.75) is 18.2 Å². The van der Waals surface area contributed by atoms with Crippen LogP contribution in [0.4, 0.5) is 5.69 Å². The van der Waals surface area contributed by atoms with Gasteiger partial charge in [-0.15, -0.1) is 0 Å². The number of carbonyl (C=O) groups is 1. The van der Waals surface area contributed by atoms with E-state index in [-0.39, 0.29) is 12.3 Å². The Morgan fingerprint density at radius 1 is 1.47 bits per heavy atom. The van der Waals surface area contributed by atoms with Crippen molar-refractivity contribution in [3.05, 3.63) is 24.3 Å². The molecule has 0 aliphatic heterocycles. The SMILES string of the molecule is C=S(=O)(NC(=O)CC)c1ccc(N)cc1. The maximum atomic E-state index is 12.0. The third-order valence-corrected chi connectivity index (χ3v) is 3.45. The van der Waals surface area contributed by atoms with Gasteiger partial charge in [-0.05, 0) is 30.1 Å². The summed E-state index contributed by atoms with van der Waals surface area (Å²) in [5.74, 6) is 3.23. The molecule has 0 bridgehead atoms. The van der Waals surface area contributed by atoms with E-state index in [1.54, 1.807) is 31.2 Å². The van der Waals surface area contributed by atoms with Crippen LogP contribution in [0.3, 0.4) is 0 Å². The Morgan fingerprint density at radius 2 is 2.00 bits per heavy atom. The number of benzene rings is 1. The van der Waals surface area contributed by atoms with Crippen LogP contribution in [0.25, 0.3) is 0 Å². The van der Waals surface area contributed by atoms with Gasteiger partial charge in [0, 0.05) is 17.0 Å². The largest absolute Gasteiger partial charge is 0.399 e. The molecular formula is C10H14N2O2S. The van der Waals surface area contributed by atoms with E-state index >= 15 is 0 Å². The second-order valence-electron chi connectivity index (χ2n) is 3.12. The Hall–Kier alpha value is -1.49. The first-order valence-electron chi connectivity index (χ1n) is 4.49. The fraction of sp³-hybridized carbons (Fsp3) is 0.200. The van der Waals surface area contributed by atoms with Gasteiger partial charge in [-0.3, -0.25) is 9.52 Å². The van der Waals surface area contributed by atoms with Crippen LogP contribution in [-0.4, -0.2) is 16.0 Å². The minimum atomic E-state index is -2.74. The molecule has 82 valence electrons. The van der Waals surface area contributed by atoms with Crippen LogP contribution in [0.5, 0.6) is 0 Å². The smallest absolute Gasteiger partial charge is 0.231 e. The Balaban J connectivity index is 2.96. The van der Waals surface area contributed by atoms with Crippen LogP contribution in [-0.2, 0) is 14.5 Å². The Labute approximate surface area is 89.6 Å². The van der Waals surface area contributed by atoms with Gasteiger partial charge in [0.05, 0.1) is 9.71 Å². The zero-order valence-corrected chi connectivity index (χ0v) is 9.34. The van der Waals surface area contributed by atoms with Crippen molar-refractivity contribution in [2.24, 2.45) is 0 Å². The molecule has 1 atom stereocenters. The van der Waals surface area contributed by atoms with E-state index in [1.807, 2.05) is 0 Å². The summed E-state index contributed by atoms with van der Waals surface area (Å²) in [5.41, 5.74) is 6.08. The standard InChI is InChI=1S/C10H14N2O2S/c1-3-10(13)12-15(2,14)9-6-4-8(11)5-7-9/h4-7H,2-3,11H2,1H3,(H,12,13,14). The van der Waals surface area contributed by atoms with Crippen molar-refractivity contribution in [1.29, 1.82) is 0 Å². The molecule has 0 fully saturated rings. The van der Waals surface area contributed by atoms with Crippen LogP contribution >= 0.6 is 0 Å². The van der Waals surface area contributed by atoms with Gasteiger partial charge >= 0.3 is 0 Å². The predicted molar refractivity (Wildman–Crippen MR) is 62.8 cm³/mol. The van der Waals surface area contributed by atoms with Crippen molar-refractivity contribution in [1.82, 2.24) is 4.72 Å². The third-order valence-electron chi connectivity index (χ3n) is 1.86. The summed E-state index contributed by atoms with van der Waals surface area (Å²) >= 11 is 0. The molecule has 4 nitrogen and oxygen atoms in total. The molecule has 0 aromatic heterocycles. The summed E-state index contributed by atoms with van der Waals surface area (Å²) in [4.78, 5) is 11.6. The van der Waals surface area contributed by atoms with Gasteiger partial charge in [0.1, 0.15) is 0 Å². The number of hydrogen-bond acceptors (Lipinski definition) is 3. The van der Waals surface area contributed by atoms with E-state index < -0.39 is 9.71 Å². The minimum Gasteiger partial charge on any atom is -0.399 e. The zero-order chi connectivity index (χ0) is 11.5. The second-order valence-corrected chi connectivity index (χ2v) is 5.15. The number of rotatable bonds is 3. The lowest BCUT2D eigenvalue weighted by molar-refractivity contribution is -0.118. The molecular weight excluding hydrogens is 212 g/mol. The highest BCUT2D eigenvalue weighted by molar-refractivity contribution is 7.99. The molecule has 0 spiro atoms. The number of anilines is 1. The highest BCUT2D eigenvalue weighted by atomic mass is 32.2. The Morgan fingerprint density at radius 3 is 2.47 bits per heavy atom. The van der Waals surface area contributed by atoms with E-state index in [0.29, 0.717) is 10.6 Å². The summed E-state index contributed by atoms with van der Waals surface area (Å²) in [6, 6.07) is 6.44. The number of nitrogens with two attached hydrogens (primary N) is 1. The predicted octanol–water partition coefficient (Wildman–Crippen LogP) is 0.785. The van der Waals surface area contributed by atoms with Crippen molar-refractivity contribution in [3.63, 3.8) is 0 Å². The van der Waals surface area contributed by atoms with E-state index in [1.165, 1.54) is 0 Å². The molecule has 1 aromatic carbocycles. The molecule has 3 N–H and O–H groups in total. The highest BCUT2D eigenvalue weighted by Gasteiger charge is 2.09. The van der Waals surface area contributed by atoms with Crippen molar-refractivity contribution in [3.8, 4) is 0 Å². The summed E-state index contributed by atoms with van der Waals surface area (Å²) in [6.45, 7) is 1.69. The molecule has 1 amide bonds. The van der Waals surface area contributed by atoms with E-state index in [2.05, 4.69) is 10.6 Å². The van der Waals surface area contributed by atoms with Crippen molar-refractivity contribution >= 4 is 27.2 Å². The number of amides is 1. The molecule has 15 heavy (non-hydrogen) atoms. The zero-order valence-electron chi connectivity index (χ0n) is 8.53. The number of hydrogen-bond donors (Lipinski definition) is 2. The van der Waals surface area contributed by atoms with E-state index in [0.717, 1.165) is 0 Å². The normalized spacial score (nSPS) is 14.2. The minimum absolute atomic E-state index is 0.279. The highest BCUT2D eigenvalue weighted by Crippen LogP contribution is 2.11. The molecule has 0 aliphatic rings. The van der Waals surface area contributed by atoms with Crippen molar-refractivity contribution in [2.75, 3.05) is 5.73 Å². The molecule has 0 saturated heterocycles. The van der Waals surface area contributed by atoms with Gasteiger partial charge < -0.3 is 5.73 Å². The molecule has 0 saturated carbocycles. The lowest BCUT2D eigenvalue weighted by atomic mass is 10.3. The van der Waals surface area contributed by atoms with Gasteiger partial charge in [0.25, 0.3) is 0 Å². The van der Waals surface area contributed by atoms with E-state index in [9.17, 15) is 9.00 Å². The molecule has 1 aromatic rings. The topological polar surface area (TPSA) is 72.2 Å². The van der Waals surface area contributed by atoms with Crippen LogP contribution in [0.1, 0.15) is 13.3 Å². The first kappa shape index (κ1) is 11.6. The van der Waals surface area contributed by atoms with Crippen LogP contribution < -0.4 is 10.5 Å². The maximum absolute atomic E-state index is 12.0. The van der Waals surface area contributed by atoms with Crippen LogP contribution in [0.2, 0.25) is 0 Å². The Bertz CT molecular complexity index is 449. The molecule has 0 heterocycles. The number of nitrogen functional groups attached to an aromatic ring is 1. The van der Waals surface area contributed by atoms with Gasteiger partial charge in [-0.2, -0.15) is 0 Å². The average Bonchev–Trinajstić information content (AvgIpc) is 2.17. The lowest BCUT2D eigenvalue weighted by Gasteiger charge is -2.10. The molecule has 0 aliphatic carbocycles. The lowest BCUT2D eigenvalue weighted by Crippen LogP contribution is -2.29. The van der Waals surface area contributed by atoms with Crippen LogP contribution in [0, 0.1) is 0 Å². The fourth-order valence-corrected chi connectivity index (χ4v) is 2.21. The monoisotopic (exact) mass is 226 g/mol. The van der Waals surface area contributed by atoms with Gasteiger partial charge in [0.2, 0.25) is 5.91 Å². The summed E-state index contributed by atoms with van der Waals surface area (Å²) in [7, 11) is -2.74. The average molecular weight is 226 g/mol. The summed E-state index contributed by atoms with van der Waals surface area (Å²) in [6.07, 6.45) is 0.279.